The van der Waals surface area contributed by atoms with Crippen LogP contribution in [0, 0.1) is 0 Å². The van der Waals surface area contributed by atoms with E-state index < -0.39 is 28.4 Å². The van der Waals surface area contributed by atoms with Gasteiger partial charge in [-0.15, -0.1) is 0 Å². The summed E-state index contributed by atoms with van der Waals surface area (Å²) in [7, 11) is -9.25. The SMILES string of the molecule is CC(COP(=O)(O)O)OP(=O)(O)O.OCCO.[H-].[Na+]. The smallest absolute Gasteiger partial charge is 1.00 e. The Balaban J connectivity index is -0.000000165. The van der Waals surface area contributed by atoms with Crippen molar-refractivity contribution in [1.82, 2.24) is 0 Å². The number of hydrogen-bond donors (Lipinski definition) is 6. The van der Waals surface area contributed by atoms with Crippen molar-refractivity contribution in [1.29, 1.82) is 0 Å². The number of phosphoric acid groups is 2. The molecule has 1 unspecified atom stereocenters. The van der Waals surface area contributed by atoms with E-state index >= 15 is 0 Å². The van der Waals surface area contributed by atoms with Gasteiger partial charge < -0.3 is 31.2 Å². The fraction of sp³-hybridized carbons (Fsp3) is 1.00. The zero-order chi connectivity index (χ0) is 14.1. The molecular weight excluding hydrogens is 305 g/mol. The average Bonchev–Trinajstić information content (AvgIpc) is 2.11. The van der Waals surface area contributed by atoms with Gasteiger partial charge in [-0.2, -0.15) is 0 Å². The second kappa shape index (κ2) is 11.9. The third-order valence-corrected chi connectivity index (χ3v) is 2.01. The third kappa shape index (κ3) is 25.9. The molecule has 0 aromatic rings. The average molecular weight is 322 g/mol. The Morgan fingerprint density at radius 2 is 1.44 bits per heavy atom. The molecule has 0 saturated carbocycles. The minimum atomic E-state index is -4.64. The summed E-state index contributed by atoms with van der Waals surface area (Å²) < 4.78 is 28.3. The van der Waals surface area contributed by atoms with E-state index in [-0.39, 0.29) is 44.2 Å². The predicted molar refractivity (Wildman–Crippen MR) is 55.9 cm³/mol. The van der Waals surface area contributed by atoms with Crippen molar-refractivity contribution in [3.63, 3.8) is 0 Å². The summed E-state index contributed by atoms with van der Waals surface area (Å²) in [5.74, 6) is 0. The number of aliphatic hydroxyl groups is 2. The molecule has 0 spiro atoms. The Morgan fingerprint density at radius 3 is 1.67 bits per heavy atom. The number of hydrogen-bond acceptors (Lipinski definition) is 6. The molecule has 0 amide bonds. The summed E-state index contributed by atoms with van der Waals surface area (Å²) in [5.41, 5.74) is 0. The maximum absolute atomic E-state index is 10.2. The van der Waals surface area contributed by atoms with Crippen molar-refractivity contribution in [3.05, 3.63) is 0 Å². The van der Waals surface area contributed by atoms with Gasteiger partial charge in [0.1, 0.15) is 0 Å². The van der Waals surface area contributed by atoms with E-state index in [9.17, 15) is 9.13 Å². The fourth-order valence-corrected chi connectivity index (χ4v) is 1.40. The van der Waals surface area contributed by atoms with Crippen molar-refractivity contribution in [3.8, 4) is 0 Å². The van der Waals surface area contributed by atoms with Crippen LogP contribution in [0.3, 0.4) is 0 Å². The van der Waals surface area contributed by atoms with E-state index in [2.05, 4.69) is 9.05 Å². The third-order valence-electron chi connectivity index (χ3n) is 0.895. The molecule has 0 aliphatic rings. The Labute approximate surface area is 127 Å². The van der Waals surface area contributed by atoms with E-state index in [4.69, 9.17) is 29.8 Å². The topological polar surface area (TPSA) is 174 Å². The van der Waals surface area contributed by atoms with Crippen LogP contribution in [0.2, 0.25) is 0 Å². The summed E-state index contributed by atoms with van der Waals surface area (Å²) in [5, 5.41) is 15.2. The van der Waals surface area contributed by atoms with Crippen molar-refractivity contribution in [2.24, 2.45) is 0 Å². The van der Waals surface area contributed by atoms with E-state index in [1.807, 2.05) is 0 Å². The zero-order valence-corrected chi connectivity index (χ0v) is 13.7. The molecule has 0 aromatic heterocycles. The van der Waals surface area contributed by atoms with Gasteiger partial charge in [-0.25, -0.2) is 9.13 Å². The van der Waals surface area contributed by atoms with Gasteiger partial charge >= 0.3 is 45.2 Å². The van der Waals surface area contributed by atoms with Crippen molar-refractivity contribution in [2.75, 3.05) is 19.8 Å². The first kappa shape index (κ1) is 24.2. The zero-order valence-electron chi connectivity index (χ0n) is 10.9. The van der Waals surface area contributed by atoms with Crippen LogP contribution in [0.4, 0.5) is 0 Å². The summed E-state index contributed by atoms with van der Waals surface area (Å²) in [6.07, 6.45) is -1.10. The van der Waals surface area contributed by atoms with Crippen LogP contribution in [0.5, 0.6) is 0 Å². The van der Waals surface area contributed by atoms with Gasteiger partial charge in [-0.05, 0) is 6.92 Å². The van der Waals surface area contributed by atoms with Gasteiger partial charge in [0.05, 0.1) is 25.9 Å². The molecule has 0 aliphatic carbocycles. The Morgan fingerprint density at radius 1 is 1.06 bits per heavy atom. The number of phosphoric ester groups is 2. The molecule has 0 rings (SSSR count). The first-order valence-corrected chi connectivity index (χ1v) is 7.23. The molecule has 0 radical (unpaired) electrons. The first-order chi connectivity index (χ1) is 7.52. The quantitative estimate of drug-likeness (QED) is 0.207. The van der Waals surface area contributed by atoms with Crippen LogP contribution in [-0.2, 0) is 18.2 Å². The van der Waals surface area contributed by atoms with Crippen LogP contribution in [0.1, 0.15) is 8.35 Å². The van der Waals surface area contributed by atoms with Crippen LogP contribution in [0.25, 0.3) is 0 Å². The van der Waals surface area contributed by atoms with Crippen LogP contribution in [-0.4, -0.2) is 55.7 Å². The summed E-state index contributed by atoms with van der Waals surface area (Å²) in [4.78, 5) is 32.9. The maximum Gasteiger partial charge on any atom is 1.00 e. The van der Waals surface area contributed by atoms with Gasteiger partial charge in [0.15, 0.2) is 0 Å². The van der Waals surface area contributed by atoms with Gasteiger partial charge in [-0.3, -0.25) is 9.05 Å². The molecule has 0 bridgehead atoms. The van der Waals surface area contributed by atoms with Crippen LogP contribution in [0.15, 0.2) is 0 Å². The Kier molecular flexibility index (Phi) is 16.0. The molecule has 10 nitrogen and oxygen atoms in total. The van der Waals surface area contributed by atoms with E-state index in [1.54, 1.807) is 0 Å². The molecule has 13 heteroatoms. The normalized spacial score (nSPS) is 13.1. The summed E-state index contributed by atoms with van der Waals surface area (Å²) in [6.45, 7) is 0.351. The minimum absolute atomic E-state index is 0. The van der Waals surface area contributed by atoms with E-state index in [0.29, 0.717) is 0 Å². The molecule has 1 atom stereocenters. The largest absolute Gasteiger partial charge is 1.00 e. The standard InChI is InChI=1S/C3H10O8P2.C2H6O2.Na.H/c1-3(11-13(7,8)9)2-10-12(4,5)6;3-1-2-4;;/h3H,2H2,1H3,(H2,4,5,6)(H2,7,8,9);3-4H,1-2H2;;/q;;+1;-1. The second-order valence-corrected chi connectivity index (χ2v) is 5.07. The van der Waals surface area contributed by atoms with Crippen LogP contribution < -0.4 is 29.6 Å². The second-order valence-electron chi connectivity index (χ2n) is 2.64. The van der Waals surface area contributed by atoms with Crippen molar-refractivity contribution >= 4 is 15.6 Å². The maximum atomic E-state index is 10.2. The molecular formula is C5H17NaO10P2. The summed E-state index contributed by atoms with van der Waals surface area (Å²) in [6, 6.07) is 0. The van der Waals surface area contributed by atoms with Crippen molar-refractivity contribution < 1.29 is 78.9 Å². The molecule has 18 heavy (non-hydrogen) atoms. The Bertz CT molecular complexity index is 277. The molecule has 108 valence electrons. The molecule has 0 heterocycles. The first-order valence-electron chi connectivity index (χ1n) is 4.17. The van der Waals surface area contributed by atoms with E-state index in [1.165, 1.54) is 6.92 Å². The van der Waals surface area contributed by atoms with Gasteiger partial charge in [-0.1, -0.05) is 0 Å². The van der Waals surface area contributed by atoms with E-state index in [0.717, 1.165) is 0 Å². The number of rotatable bonds is 6. The Hall–Kier alpha value is 1.14. The van der Waals surface area contributed by atoms with Crippen molar-refractivity contribution in [2.45, 2.75) is 13.0 Å². The molecule has 0 saturated heterocycles. The summed E-state index contributed by atoms with van der Waals surface area (Å²) >= 11 is 0. The fourth-order valence-electron chi connectivity index (χ4n) is 0.467. The molecule has 6 N–H and O–H groups in total. The van der Waals surface area contributed by atoms with Gasteiger partial charge in [0.2, 0.25) is 0 Å². The molecule has 0 aliphatic heterocycles. The van der Waals surface area contributed by atoms with Gasteiger partial charge in [0.25, 0.3) is 0 Å². The monoisotopic (exact) mass is 322 g/mol. The van der Waals surface area contributed by atoms with Gasteiger partial charge in [0, 0.05) is 0 Å². The minimum Gasteiger partial charge on any atom is -1.00 e. The van der Waals surface area contributed by atoms with Crippen LogP contribution >= 0.6 is 15.6 Å². The number of aliphatic hydroxyl groups excluding tert-OH is 2. The molecule has 0 aromatic carbocycles. The predicted octanol–water partition coefficient (Wildman–Crippen LogP) is -4.32. The molecule has 0 fully saturated rings.